The first-order valence-corrected chi connectivity index (χ1v) is 10.1. The lowest BCUT2D eigenvalue weighted by atomic mass is 10.4. The maximum atomic E-state index is 12.3. The molecule has 0 radical (unpaired) electrons. The molecule has 0 amide bonds. The van der Waals surface area contributed by atoms with E-state index in [-0.39, 0.29) is 14.9 Å². The summed E-state index contributed by atoms with van der Waals surface area (Å²) >= 11 is 1.23. The summed E-state index contributed by atoms with van der Waals surface area (Å²) in [5, 5.41) is 0.259. The lowest BCUT2D eigenvalue weighted by molar-refractivity contribution is 0.599. The highest BCUT2D eigenvalue weighted by Crippen LogP contribution is 2.24. The van der Waals surface area contributed by atoms with Gasteiger partial charge in [0.1, 0.15) is 0 Å². The van der Waals surface area contributed by atoms with Crippen molar-refractivity contribution in [2.45, 2.75) is 23.6 Å². The van der Waals surface area contributed by atoms with Crippen molar-refractivity contribution in [2.24, 2.45) is 0 Å². The van der Waals surface area contributed by atoms with E-state index in [2.05, 4.69) is 9.71 Å². The molecule has 0 fully saturated rings. The smallest absolute Gasteiger partial charge is 0.255 e. The van der Waals surface area contributed by atoms with Crippen molar-refractivity contribution in [2.75, 3.05) is 11.0 Å². The molecule has 0 aliphatic rings. The normalized spacial score (nSPS) is 12.3. The van der Waals surface area contributed by atoms with Crippen LogP contribution in [0.2, 0.25) is 0 Å². The van der Waals surface area contributed by atoms with Crippen LogP contribution in [-0.4, -0.2) is 28.1 Å². The minimum atomic E-state index is -3.87. The van der Waals surface area contributed by atoms with Gasteiger partial charge in [-0.25, -0.2) is 21.8 Å². The highest BCUT2D eigenvalue weighted by Gasteiger charge is 2.19. The molecule has 0 saturated carbocycles. The van der Waals surface area contributed by atoms with Crippen molar-refractivity contribution < 1.29 is 16.8 Å². The van der Waals surface area contributed by atoms with Gasteiger partial charge in [-0.2, -0.15) is 0 Å². The Morgan fingerprint density at radius 1 is 1.10 bits per heavy atom. The van der Waals surface area contributed by atoms with Crippen LogP contribution >= 0.6 is 11.3 Å². The minimum Gasteiger partial charge on any atom is -0.255 e. The van der Waals surface area contributed by atoms with Gasteiger partial charge in [-0.05, 0) is 32.0 Å². The Bertz CT molecular complexity index is 863. The van der Waals surface area contributed by atoms with Crippen molar-refractivity contribution in [1.82, 2.24) is 4.98 Å². The molecule has 6 nitrogen and oxygen atoms in total. The number of rotatable bonds is 4. The van der Waals surface area contributed by atoms with Gasteiger partial charge in [0.05, 0.1) is 15.5 Å². The van der Waals surface area contributed by atoms with Crippen molar-refractivity contribution in [1.29, 1.82) is 0 Å². The molecule has 0 atom stereocenters. The van der Waals surface area contributed by atoms with Crippen LogP contribution < -0.4 is 4.72 Å². The van der Waals surface area contributed by atoms with Gasteiger partial charge in [0.25, 0.3) is 10.0 Å². The number of anilines is 1. The number of aromatic nitrogens is 1. The molecule has 0 spiro atoms. The summed E-state index contributed by atoms with van der Waals surface area (Å²) in [6.07, 6.45) is 1.03. The molecule has 1 N–H and O–H groups in total. The first kappa shape index (κ1) is 15.9. The van der Waals surface area contributed by atoms with Gasteiger partial charge in [0, 0.05) is 11.1 Å². The molecule has 0 saturated heterocycles. The van der Waals surface area contributed by atoms with Crippen LogP contribution in [0, 0.1) is 13.8 Å². The van der Waals surface area contributed by atoms with Gasteiger partial charge in [0.15, 0.2) is 15.0 Å². The number of thiazole rings is 1. The molecule has 1 aromatic carbocycles. The summed E-state index contributed by atoms with van der Waals surface area (Å²) in [4.78, 5) is 4.86. The summed E-state index contributed by atoms with van der Waals surface area (Å²) in [5.74, 6) is 0. The Kier molecular flexibility index (Phi) is 4.09. The minimum absolute atomic E-state index is 0.0446. The number of nitrogens with zero attached hydrogens (tertiary/aromatic N) is 1. The number of sulfone groups is 1. The molecule has 1 aromatic heterocycles. The van der Waals surface area contributed by atoms with Gasteiger partial charge in [-0.3, -0.25) is 4.72 Å². The second-order valence-electron chi connectivity index (χ2n) is 4.51. The fraction of sp³-hybridized carbons (Fsp3) is 0.250. The zero-order chi connectivity index (χ0) is 15.8. The maximum Gasteiger partial charge on any atom is 0.263 e. The van der Waals surface area contributed by atoms with E-state index in [0.29, 0.717) is 0 Å². The largest absolute Gasteiger partial charge is 0.263 e. The fourth-order valence-corrected chi connectivity index (χ4v) is 4.40. The third-order valence-electron chi connectivity index (χ3n) is 2.79. The molecule has 0 bridgehead atoms. The van der Waals surface area contributed by atoms with E-state index in [9.17, 15) is 16.8 Å². The molecule has 0 aliphatic carbocycles. The Balaban J connectivity index is 2.40. The maximum absolute atomic E-state index is 12.3. The number of aryl methyl sites for hydroxylation is 2. The Morgan fingerprint density at radius 2 is 1.71 bits per heavy atom. The Morgan fingerprint density at radius 3 is 2.24 bits per heavy atom. The molecule has 9 heteroatoms. The zero-order valence-electron chi connectivity index (χ0n) is 11.6. The molecule has 114 valence electrons. The summed E-state index contributed by atoms with van der Waals surface area (Å²) in [6.45, 7) is 3.63. The zero-order valence-corrected chi connectivity index (χ0v) is 14.1. The summed E-state index contributed by atoms with van der Waals surface area (Å²) < 4.78 is 49.9. The van der Waals surface area contributed by atoms with Gasteiger partial charge in [-0.1, -0.05) is 6.07 Å². The highest BCUT2D eigenvalue weighted by molar-refractivity contribution is 7.93. The van der Waals surface area contributed by atoms with E-state index in [4.69, 9.17) is 0 Å². The van der Waals surface area contributed by atoms with Crippen molar-refractivity contribution >= 4 is 36.3 Å². The van der Waals surface area contributed by atoms with E-state index in [1.54, 1.807) is 6.92 Å². The molecule has 2 rings (SSSR count). The summed E-state index contributed by atoms with van der Waals surface area (Å²) in [7, 11) is -7.33. The van der Waals surface area contributed by atoms with Crippen LogP contribution in [0.4, 0.5) is 5.13 Å². The molecule has 1 heterocycles. The van der Waals surface area contributed by atoms with Crippen LogP contribution in [0.1, 0.15) is 10.6 Å². The second-order valence-corrected chi connectivity index (χ2v) is 9.41. The summed E-state index contributed by atoms with van der Waals surface area (Å²) in [6, 6.07) is 5.21. The predicted molar refractivity (Wildman–Crippen MR) is 81.9 cm³/mol. The van der Waals surface area contributed by atoms with Crippen LogP contribution in [0.15, 0.2) is 34.1 Å². The second kappa shape index (κ2) is 5.39. The average Bonchev–Trinajstić information content (AvgIpc) is 2.66. The van der Waals surface area contributed by atoms with Crippen molar-refractivity contribution in [3.8, 4) is 0 Å². The van der Waals surface area contributed by atoms with Crippen molar-refractivity contribution in [3.63, 3.8) is 0 Å². The number of hydrogen-bond acceptors (Lipinski definition) is 6. The molecule has 2 aromatic rings. The van der Waals surface area contributed by atoms with E-state index >= 15 is 0 Å². The van der Waals surface area contributed by atoms with Crippen LogP contribution in [-0.2, 0) is 19.9 Å². The molecule has 21 heavy (non-hydrogen) atoms. The number of sulfonamides is 1. The van der Waals surface area contributed by atoms with Crippen LogP contribution in [0.25, 0.3) is 0 Å². The lowest BCUT2D eigenvalue weighted by Gasteiger charge is -2.06. The number of hydrogen-bond donors (Lipinski definition) is 1. The molecule has 0 unspecified atom stereocenters. The highest BCUT2D eigenvalue weighted by atomic mass is 32.2. The van der Waals surface area contributed by atoms with Gasteiger partial charge in [-0.15, -0.1) is 11.3 Å². The van der Waals surface area contributed by atoms with E-state index < -0.39 is 19.9 Å². The number of benzene rings is 1. The van der Waals surface area contributed by atoms with Gasteiger partial charge >= 0.3 is 0 Å². The topological polar surface area (TPSA) is 93.2 Å². The Hall–Kier alpha value is -1.45. The quantitative estimate of drug-likeness (QED) is 0.913. The van der Waals surface area contributed by atoms with Crippen LogP contribution in [0.3, 0.4) is 0 Å². The molecular weight excluding hydrogens is 332 g/mol. The molecular formula is C12H14N2O4S3. The lowest BCUT2D eigenvalue weighted by Crippen LogP contribution is -2.13. The fourth-order valence-electron chi connectivity index (χ4n) is 1.56. The molecule has 0 aliphatic heterocycles. The first-order chi connectivity index (χ1) is 9.59. The third-order valence-corrected chi connectivity index (χ3v) is 6.36. The van der Waals surface area contributed by atoms with E-state index in [1.165, 1.54) is 29.5 Å². The average molecular weight is 346 g/mol. The van der Waals surface area contributed by atoms with Gasteiger partial charge < -0.3 is 0 Å². The third kappa shape index (κ3) is 3.60. The van der Waals surface area contributed by atoms with Gasteiger partial charge in [0.2, 0.25) is 0 Å². The predicted octanol–water partition coefficient (Wildman–Crippen LogP) is 1.96. The monoisotopic (exact) mass is 346 g/mol. The van der Waals surface area contributed by atoms with Crippen LogP contribution in [0.5, 0.6) is 0 Å². The summed E-state index contributed by atoms with van der Waals surface area (Å²) in [5.41, 5.74) is 0.752. The SMILES string of the molecule is Cc1nc(NS(=O)(=O)c2cccc(S(C)(=O)=O)c2)sc1C. The van der Waals surface area contributed by atoms with E-state index in [0.717, 1.165) is 22.9 Å². The van der Waals surface area contributed by atoms with E-state index in [1.807, 2.05) is 6.92 Å². The Labute approximate surface area is 127 Å². The first-order valence-electron chi connectivity index (χ1n) is 5.86. The number of nitrogens with one attached hydrogen (secondary N) is 1. The van der Waals surface area contributed by atoms with Crippen molar-refractivity contribution in [3.05, 3.63) is 34.8 Å². The standard InChI is InChI=1S/C12H14N2O4S3/c1-8-9(2)19-12(13-8)14-21(17,18)11-6-4-5-10(7-11)20(3,15)16/h4-7H,1-3H3,(H,13,14).